The van der Waals surface area contributed by atoms with E-state index >= 15 is 0 Å². The van der Waals surface area contributed by atoms with Gasteiger partial charge < -0.3 is 9.73 Å². The number of thioether (sulfide) groups is 1. The molecule has 0 aliphatic rings. The van der Waals surface area contributed by atoms with Gasteiger partial charge in [-0.2, -0.15) is 0 Å². The maximum Gasteiger partial charge on any atom is 0.277 e. The summed E-state index contributed by atoms with van der Waals surface area (Å²) in [7, 11) is 0. The first kappa shape index (κ1) is 18.9. The van der Waals surface area contributed by atoms with Gasteiger partial charge in [0, 0.05) is 22.6 Å². The molecule has 4 aromatic rings. The van der Waals surface area contributed by atoms with Crippen molar-refractivity contribution in [2.75, 3.05) is 5.32 Å². The molecule has 1 amide bonds. The molecular weight excluding hydrogens is 389 g/mol. The van der Waals surface area contributed by atoms with Gasteiger partial charge in [-0.3, -0.25) is 4.79 Å². The number of rotatable bonds is 6. The van der Waals surface area contributed by atoms with Crippen LogP contribution in [0.15, 0.2) is 88.5 Å². The van der Waals surface area contributed by atoms with E-state index in [1.807, 2.05) is 42.5 Å². The second kappa shape index (κ2) is 8.70. The van der Waals surface area contributed by atoms with Crippen molar-refractivity contribution < 1.29 is 13.6 Å². The second-order valence-electron chi connectivity index (χ2n) is 6.19. The molecule has 0 aliphatic carbocycles. The quantitative estimate of drug-likeness (QED) is 0.434. The molecule has 7 heteroatoms. The van der Waals surface area contributed by atoms with E-state index in [-0.39, 0.29) is 11.7 Å². The molecule has 29 heavy (non-hydrogen) atoms. The summed E-state index contributed by atoms with van der Waals surface area (Å²) in [6.45, 7) is 0. The fraction of sp³-hybridized carbons (Fsp3) is 0.0455. The third-order valence-corrected chi connectivity index (χ3v) is 5.00. The Kier molecular flexibility index (Phi) is 5.67. The zero-order valence-corrected chi connectivity index (χ0v) is 16.0. The maximum absolute atomic E-state index is 13.0. The Morgan fingerprint density at radius 2 is 1.66 bits per heavy atom. The minimum atomic E-state index is -0.316. The monoisotopic (exact) mass is 405 g/mol. The third-order valence-electron chi connectivity index (χ3n) is 4.11. The van der Waals surface area contributed by atoms with Crippen molar-refractivity contribution in [3.8, 4) is 11.5 Å². The summed E-state index contributed by atoms with van der Waals surface area (Å²) >= 11 is 1.39. The number of benzene rings is 3. The van der Waals surface area contributed by atoms with Gasteiger partial charge >= 0.3 is 0 Å². The molecule has 5 nitrogen and oxygen atoms in total. The van der Waals surface area contributed by atoms with Crippen molar-refractivity contribution in [1.29, 1.82) is 0 Å². The van der Waals surface area contributed by atoms with Crippen LogP contribution in [0, 0.1) is 5.82 Å². The topological polar surface area (TPSA) is 68.0 Å². The Morgan fingerprint density at radius 1 is 0.931 bits per heavy atom. The van der Waals surface area contributed by atoms with Crippen molar-refractivity contribution in [2.45, 2.75) is 11.0 Å². The predicted octanol–water partition coefficient (Wildman–Crippen LogP) is 5.42. The largest absolute Gasteiger partial charge is 0.411 e. The van der Waals surface area contributed by atoms with E-state index in [4.69, 9.17) is 4.42 Å². The number of halogens is 1. The van der Waals surface area contributed by atoms with Crippen molar-refractivity contribution in [2.24, 2.45) is 0 Å². The molecule has 1 N–H and O–H groups in total. The van der Waals surface area contributed by atoms with Gasteiger partial charge in [0.2, 0.25) is 5.89 Å². The van der Waals surface area contributed by atoms with E-state index in [1.54, 1.807) is 24.3 Å². The van der Waals surface area contributed by atoms with Crippen LogP contribution in [0.1, 0.15) is 15.9 Å². The second-order valence-corrected chi connectivity index (χ2v) is 7.11. The summed E-state index contributed by atoms with van der Waals surface area (Å²) in [6.07, 6.45) is 0. The Labute approximate surface area is 171 Å². The Morgan fingerprint density at radius 3 is 2.38 bits per heavy atom. The molecule has 144 valence electrons. The van der Waals surface area contributed by atoms with Crippen LogP contribution < -0.4 is 5.32 Å². The highest BCUT2D eigenvalue weighted by Crippen LogP contribution is 2.26. The Balaban J connectivity index is 1.35. The normalized spacial score (nSPS) is 10.7. The number of carbonyl (C=O) groups excluding carboxylic acids is 1. The molecule has 1 heterocycles. The van der Waals surface area contributed by atoms with Crippen LogP contribution in [0.5, 0.6) is 0 Å². The first-order chi connectivity index (χ1) is 14.2. The van der Waals surface area contributed by atoms with Crippen molar-refractivity contribution in [3.63, 3.8) is 0 Å². The van der Waals surface area contributed by atoms with E-state index in [0.29, 0.717) is 28.0 Å². The fourth-order valence-corrected chi connectivity index (χ4v) is 3.32. The van der Waals surface area contributed by atoms with Crippen LogP contribution >= 0.6 is 11.8 Å². The summed E-state index contributed by atoms with van der Waals surface area (Å²) in [5.41, 5.74) is 3.02. The van der Waals surface area contributed by atoms with Crippen molar-refractivity contribution >= 4 is 23.4 Å². The molecule has 3 aromatic carbocycles. The molecule has 0 radical (unpaired) electrons. The van der Waals surface area contributed by atoms with E-state index < -0.39 is 0 Å². The Hall–Kier alpha value is -3.45. The summed E-state index contributed by atoms with van der Waals surface area (Å²) in [5.74, 6) is 0.492. The first-order valence-corrected chi connectivity index (χ1v) is 9.83. The molecule has 4 rings (SSSR count). The standard InChI is InChI=1S/C22H16FN3O2S/c23-18-12-10-17(11-13-18)21-25-26-22(28-21)29-14-15-6-8-16(9-7-15)20(27)24-19-4-2-1-3-5-19/h1-13H,14H2,(H,24,27). The summed E-state index contributed by atoms with van der Waals surface area (Å²) in [6, 6.07) is 22.6. The van der Waals surface area contributed by atoms with Crippen LogP contribution in [0.2, 0.25) is 0 Å². The zero-order valence-electron chi connectivity index (χ0n) is 15.2. The number of carbonyl (C=O) groups is 1. The van der Waals surface area contributed by atoms with Crippen LogP contribution in [0.4, 0.5) is 10.1 Å². The minimum Gasteiger partial charge on any atom is -0.411 e. The van der Waals surface area contributed by atoms with Gasteiger partial charge in [-0.25, -0.2) is 4.39 Å². The number of hydrogen-bond donors (Lipinski definition) is 1. The maximum atomic E-state index is 13.0. The molecule has 0 fully saturated rings. The summed E-state index contributed by atoms with van der Waals surface area (Å²) in [5, 5.41) is 11.3. The third kappa shape index (κ3) is 4.89. The summed E-state index contributed by atoms with van der Waals surface area (Å²) < 4.78 is 18.6. The number of aromatic nitrogens is 2. The molecule has 1 aromatic heterocycles. The van der Waals surface area contributed by atoms with Gasteiger partial charge in [0.15, 0.2) is 0 Å². The van der Waals surface area contributed by atoms with Crippen molar-refractivity contribution in [1.82, 2.24) is 10.2 Å². The first-order valence-electron chi connectivity index (χ1n) is 8.85. The zero-order chi connectivity index (χ0) is 20.1. The number of anilines is 1. The van der Waals surface area contributed by atoms with Crippen molar-refractivity contribution in [3.05, 3.63) is 95.8 Å². The van der Waals surface area contributed by atoms with E-state index in [2.05, 4.69) is 15.5 Å². The molecule has 0 saturated carbocycles. The molecule has 0 bridgehead atoms. The molecule has 0 spiro atoms. The smallest absolute Gasteiger partial charge is 0.277 e. The number of para-hydroxylation sites is 1. The average molecular weight is 405 g/mol. The van der Waals surface area contributed by atoms with Gasteiger partial charge in [-0.1, -0.05) is 42.1 Å². The van der Waals surface area contributed by atoms with Gasteiger partial charge in [-0.15, -0.1) is 10.2 Å². The lowest BCUT2D eigenvalue weighted by molar-refractivity contribution is 0.102. The van der Waals surface area contributed by atoms with Crippen LogP contribution in [-0.2, 0) is 5.75 Å². The van der Waals surface area contributed by atoms with Crippen LogP contribution in [-0.4, -0.2) is 16.1 Å². The molecule has 0 saturated heterocycles. The van der Waals surface area contributed by atoms with Gasteiger partial charge in [0.1, 0.15) is 5.82 Å². The lowest BCUT2D eigenvalue weighted by atomic mass is 10.1. The predicted molar refractivity (Wildman–Crippen MR) is 110 cm³/mol. The van der Waals surface area contributed by atoms with Gasteiger partial charge in [0.25, 0.3) is 11.1 Å². The highest BCUT2D eigenvalue weighted by molar-refractivity contribution is 7.98. The number of amides is 1. The van der Waals surface area contributed by atoms with E-state index in [9.17, 15) is 9.18 Å². The molecule has 0 atom stereocenters. The van der Waals surface area contributed by atoms with Crippen LogP contribution in [0.3, 0.4) is 0 Å². The highest BCUT2D eigenvalue weighted by atomic mass is 32.2. The van der Waals surface area contributed by atoms with E-state index in [0.717, 1.165) is 11.3 Å². The molecule has 0 unspecified atom stereocenters. The lowest BCUT2D eigenvalue weighted by Crippen LogP contribution is -2.11. The van der Waals surface area contributed by atoms with Gasteiger partial charge in [0.05, 0.1) is 0 Å². The summed E-state index contributed by atoms with van der Waals surface area (Å²) in [4.78, 5) is 12.3. The number of nitrogens with zero attached hydrogens (tertiary/aromatic N) is 2. The average Bonchev–Trinajstić information content (AvgIpc) is 3.23. The van der Waals surface area contributed by atoms with Gasteiger partial charge in [-0.05, 0) is 54.1 Å². The molecule has 0 aliphatic heterocycles. The lowest BCUT2D eigenvalue weighted by Gasteiger charge is -2.06. The SMILES string of the molecule is O=C(Nc1ccccc1)c1ccc(CSc2nnc(-c3ccc(F)cc3)o2)cc1. The minimum absolute atomic E-state index is 0.156. The highest BCUT2D eigenvalue weighted by Gasteiger charge is 2.10. The Bertz CT molecular complexity index is 1100. The van der Waals surface area contributed by atoms with Crippen LogP contribution in [0.25, 0.3) is 11.5 Å². The number of nitrogens with one attached hydrogen (secondary N) is 1. The van der Waals surface area contributed by atoms with E-state index in [1.165, 1.54) is 23.9 Å². The fourth-order valence-electron chi connectivity index (χ4n) is 2.60. The molecular formula is C22H16FN3O2S. The number of hydrogen-bond acceptors (Lipinski definition) is 5.